The first-order valence-electron chi connectivity index (χ1n) is 9.10. The van der Waals surface area contributed by atoms with Crippen LogP contribution in [0, 0.1) is 11.6 Å². The SMILES string of the molecule is CCCO.CCOC1COc2c(F)ccc(F)c2C1S(=O)(=O)c1ccc(Cl)cc1. The lowest BCUT2D eigenvalue weighted by Crippen LogP contribution is -2.38. The molecular formula is C20H23ClF2O5S. The van der Waals surface area contributed by atoms with Crippen LogP contribution in [-0.2, 0) is 14.6 Å². The van der Waals surface area contributed by atoms with Gasteiger partial charge in [-0.15, -0.1) is 0 Å². The maximum Gasteiger partial charge on any atom is 0.188 e. The van der Waals surface area contributed by atoms with Gasteiger partial charge in [0.2, 0.25) is 0 Å². The van der Waals surface area contributed by atoms with Gasteiger partial charge in [0.25, 0.3) is 0 Å². The summed E-state index contributed by atoms with van der Waals surface area (Å²) in [5.74, 6) is -2.07. The number of halogens is 3. The summed E-state index contributed by atoms with van der Waals surface area (Å²) >= 11 is 5.80. The molecule has 160 valence electrons. The molecule has 1 heterocycles. The summed E-state index contributed by atoms with van der Waals surface area (Å²) in [6, 6.07) is 7.29. The van der Waals surface area contributed by atoms with Crippen molar-refractivity contribution in [2.24, 2.45) is 0 Å². The normalized spacial score (nSPS) is 18.3. The minimum absolute atomic E-state index is 0.0527. The molecule has 0 fully saturated rings. The van der Waals surface area contributed by atoms with Crippen molar-refractivity contribution in [2.75, 3.05) is 19.8 Å². The second kappa shape index (κ2) is 10.3. The zero-order chi connectivity index (χ0) is 21.6. The number of benzene rings is 2. The van der Waals surface area contributed by atoms with E-state index < -0.39 is 38.6 Å². The van der Waals surface area contributed by atoms with E-state index in [1.807, 2.05) is 6.92 Å². The van der Waals surface area contributed by atoms with E-state index in [1.54, 1.807) is 6.92 Å². The molecule has 2 aromatic carbocycles. The van der Waals surface area contributed by atoms with Gasteiger partial charge in [0.05, 0.1) is 10.5 Å². The lowest BCUT2D eigenvalue weighted by molar-refractivity contribution is 0.0119. The molecule has 0 saturated carbocycles. The number of aliphatic hydroxyl groups is 1. The first kappa shape index (κ1) is 23.5. The van der Waals surface area contributed by atoms with Crippen molar-refractivity contribution >= 4 is 21.4 Å². The van der Waals surface area contributed by atoms with Gasteiger partial charge < -0.3 is 14.6 Å². The molecule has 1 N–H and O–H groups in total. The Hall–Kier alpha value is -1.74. The molecule has 1 aliphatic rings. The second-order valence-corrected chi connectivity index (χ2v) is 8.73. The number of hydrogen-bond donors (Lipinski definition) is 1. The monoisotopic (exact) mass is 448 g/mol. The molecule has 5 nitrogen and oxygen atoms in total. The number of ether oxygens (including phenoxy) is 2. The molecule has 0 bridgehead atoms. The fourth-order valence-electron chi connectivity index (χ4n) is 2.87. The Morgan fingerprint density at radius 2 is 1.72 bits per heavy atom. The van der Waals surface area contributed by atoms with Gasteiger partial charge in [-0.3, -0.25) is 0 Å². The summed E-state index contributed by atoms with van der Waals surface area (Å²) in [5.41, 5.74) is -0.348. The molecule has 0 aliphatic carbocycles. The molecule has 1 aliphatic heterocycles. The molecule has 2 aromatic rings. The Balaban J connectivity index is 0.000000687. The van der Waals surface area contributed by atoms with Gasteiger partial charge >= 0.3 is 0 Å². The lowest BCUT2D eigenvalue weighted by Gasteiger charge is -2.33. The highest BCUT2D eigenvalue weighted by molar-refractivity contribution is 7.91. The van der Waals surface area contributed by atoms with Crippen molar-refractivity contribution in [3.63, 3.8) is 0 Å². The van der Waals surface area contributed by atoms with E-state index in [4.69, 9.17) is 26.2 Å². The van der Waals surface area contributed by atoms with Crippen LogP contribution in [0.2, 0.25) is 5.02 Å². The summed E-state index contributed by atoms with van der Waals surface area (Å²) < 4.78 is 65.5. The lowest BCUT2D eigenvalue weighted by atomic mass is 10.0. The molecule has 29 heavy (non-hydrogen) atoms. The Labute approximate surface area is 174 Å². The highest BCUT2D eigenvalue weighted by Crippen LogP contribution is 2.44. The number of aliphatic hydroxyl groups excluding tert-OH is 1. The molecule has 2 atom stereocenters. The summed E-state index contributed by atoms with van der Waals surface area (Å²) in [6.45, 7) is 3.94. The van der Waals surface area contributed by atoms with E-state index >= 15 is 0 Å². The van der Waals surface area contributed by atoms with E-state index in [2.05, 4.69) is 0 Å². The Morgan fingerprint density at radius 1 is 1.14 bits per heavy atom. The number of sulfone groups is 1. The van der Waals surface area contributed by atoms with Crippen molar-refractivity contribution < 1.29 is 31.8 Å². The molecule has 0 radical (unpaired) electrons. The summed E-state index contributed by atoms with van der Waals surface area (Å²) in [5, 5.41) is 6.82. The largest absolute Gasteiger partial charge is 0.487 e. The zero-order valence-electron chi connectivity index (χ0n) is 16.1. The van der Waals surface area contributed by atoms with Crippen LogP contribution >= 0.6 is 11.6 Å². The van der Waals surface area contributed by atoms with Crippen LogP contribution < -0.4 is 4.74 Å². The topological polar surface area (TPSA) is 72.8 Å². The average Bonchev–Trinajstić information content (AvgIpc) is 2.71. The summed E-state index contributed by atoms with van der Waals surface area (Å²) in [4.78, 5) is -0.0527. The van der Waals surface area contributed by atoms with Crippen LogP contribution in [-0.4, -0.2) is 39.4 Å². The fraction of sp³-hybridized carbons (Fsp3) is 0.400. The van der Waals surface area contributed by atoms with Crippen molar-refractivity contribution in [1.82, 2.24) is 0 Å². The van der Waals surface area contributed by atoms with Gasteiger partial charge in [-0.1, -0.05) is 18.5 Å². The number of rotatable bonds is 5. The fourth-order valence-corrected chi connectivity index (χ4v) is 4.90. The van der Waals surface area contributed by atoms with Gasteiger partial charge in [0, 0.05) is 18.2 Å². The van der Waals surface area contributed by atoms with Gasteiger partial charge in [-0.25, -0.2) is 17.2 Å². The Morgan fingerprint density at radius 3 is 2.28 bits per heavy atom. The van der Waals surface area contributed by atoms with Crippen LogP contribution in [0.4, 0.5) is 8.78 Å². The molecule has 9 heteroatoms. The van der Waals surface area contributed by atoms with Crippen LogP contribution in [0.1, 0.15) is 31.1 Å². The third-order valence-electron chi connectivity index (χ3n) is 4.19. The zero-order valence-corrected chi connectivity index (χ0v) is 17.6. The third kappa shape index (κ3) is 5.25. The van der Waals surface area contributed by atoms with Crippen molar-refractivity contribution in [1.29, 1.82) is 0 Å². The van der Waals surface area contributed by atoms with Gasteiger partial charge in [-0.05, 0) is 49.7 Å². The van der Waals surface area contributed by atoms with Crippen LogP contribution in [0.3, 0.4) is 0 Å². The maximum atomic E-state index is 14.4. The Bertz CT molecular complexity index is 917. The smallest absolute Gasteiger partial charge is 0.188 e. The van der Waals surface area contributed by atoms with Crippen LogP contribution in [0.5, 0.6) is 5.75 Å². The maximum absolute atomic E-state index is 14.4. The molecule has 0 aromatic heterocycles. The highest BCUT2D eigenvalue weighted by Gasteiger charge is 2.44. The third-order valence-corrected chi connectivity index (χ3v) is 6.58. The molecular weight excluding hydrogens is 426 g/mol. The molecule has 3 rings (SSSR count). The Kier molecular flexibility index (Phi) is 8.39. The predicted octanol–water partition coefficient (Wildman–Crippen LogP) is 4.32. The second-order valence-electron chi connectivity index (χ2n) is 6.22. The summed E-state index contributed by atoms with van der Waals surface area (Å²) in [6.07, 6.45) is -0.0884. The molecule has 2 unspecified atom stereocenters. The van der Waals surface area contributed by atoms with Gasteiger partial charge in [0.1, 0.15) is 23.8 Å². The van der Waals surface area contributed by atoms with Gasteiger partial charge in [0.15, 0.2) is 21.4 Å². The standard InChI is InChI=1S/C17H15ClF2O4S.C3H8O/c1-2-23-14-9-24-16-13(20)8-7-12(19)15(16)17(14)25(21,22)11-5-3-10(18)4-6-11;1-2-3-4/h3-8,14,17H,2,9H2,1H3;4H,2-3H2,1H3. The van der Waals surface area contributed by atoms with E-state index in [-0.39, 0.29) is 23.7 Å². The molecule has 0 spiro atoms. The van der Waals surface area contributed by atoms with E-state index in [9.17, 15) is 17.2 Å². The van der Waals surface area contributed by atoms with Crippen LogP contribution in [0.25, 0.3) is 0 Å². The predicted molar refractivity (Wildman–Crippen MR) is 106 cm³/mol. The minimum atomic E-state index is -4.07. The number of fused-ring (bicyclic) bond motifs is 1. The first-order valence-corrected chi connectivity index (χ1v) is 11.0. The van der Waals surface area contributed by atoms with Crippen molar-refractivity contribution in [3.8, 4) is 5.75 Å². The highest BCUT2D eigenvalue weighted by atomic mass is 35.5. The van der Waals surface area contributed by atoms with Crippen LogP contribution in [0.15, 0.2) is 41.3 Å². The summed E-state index contributed by atoms with van der Waals surface area (Å²) in [7, 11) is -4.07. The van der Waals surface area contributed by atoms with Gasteiger partial charge in [-0.2, -0.15) is 0 Å². The molecule has 0 amide bonds. The average molecular weight is 449 g/mol. The van der Waals surface area contributed by atoms with Crippen molar-refractivity contribution in [3.05, 3.63) is 58.6 Å². The minimum Gasteiger partial charge on any atom is -0.487 e. The van der Waals surface area contributed by atoms with E-state index in [0.717, 1.165) is 18.6 Å². The first-order chi connectivity index (χ1) is 13.8. The van der Waals surface area contributed by atoms with E-state index in [0.29, 0.717) is 11.6 Å². The molecule has 0 saturated heterocycles. The number of hydrogen-bond acceptors (Lipinski definition) is 5. The van der Waals surface area contributed by atoms with E-state index in [1.165, 1.54) is 24.3 Å². The quantitative estimate of drug-likeness (QED) is 0.737. The van der Waals surface area contributed by atoms with Crippen molar-refractivity contribution in [2.45, 2.75) is 36.5 Å².